The Bertz CT molecular complexity index is 1160. The van der Waals surface area contributed by atoms with Crippen LogP contribution in [0.25, 0.3) is 22.4 Å². The summed E-state index contributed by atoms with van der Waals surface area (Å²) in [5.74, 6) is 0.504. The highest BCUT2D eigenvalue weighted by molar-refractivity contribution is 5.93. The zero-order chi connectivity index (χ0) is 20.1. The summed E-state index contributed by atoms with van der Waals surface area (Å²) in [6.45, 7) is 0.531. The fourth-order valence-electron chi connectivity index (χ4n) is 3.64. The molecule has 1 heterocycles. The quantitative estimate of drug-likeness (QED) is 0.463. The maximum absolute atomic E-state index is 11.4. The monoisotopic (exact) mass is 377 g/mol. The van der Waals surface area contributed by atoms with E-state index in [0.29, 0.717) is 24.3 Å². The number of nitriles is 1. The van der Waals surface area contributed by atoms with Gasteiger partial charge in [-0.05, 0) is 16.7 Å². The van der Waals surface area contributed by atoms with Gasteiger partial charge in [-0.3, -0.25) is 4.79 Å². The Balaban J connectivity index is 2.06. The molecule has 0 aliphatic heterocycles. The third-order valence-electron chi connectivity index (χ3n) is 4.86. The van der Waals surface area contributed by atoms with E-state index < -0.39 is 0 Å². The van der Waals surface area contributed by atoms with Crippen LogP contribution in [0.1, 0.15) is 11.1 Å². The van der Waals surface area contributed by atoms with E-state index in [-0.39, 0.29) is 0 Å². The van der Waals surface area contributed by atoms with Crippen molar-refractivity contribution in [2.75, 3.05) is 5.32 Å². The average molecular weight is 377 g/mol. The van der Waals surface area contributed by atoms with Crippen molar-refractivity contribution in [2.24, 2.45) is 0 Å². The summed E-state index contributed by atoms with van der Waals surface area (Å²) in [7, 11) is 0. The van der Waals surface area contributed by atoms with Crippen molar-refractivity contribution >= 4 is 12.2 Å². The van der Waals surface area contributed by atoms with Crippen molar-refractivity contribution in [3.8, 4) is 28.5 Å². The normalized spacial score (nSPS) is 10.3. The molecule has 0 radical (unpaired) electrons. The van der Waals surface area contributed by atoms with Gasteiger partial charge < -0.3 is 9.88 Å². The largest absolute Gasteiger partial charge is 0.321 e. The first-order valence-electron chi connectivity index (χ1n) is 9.35. The van der Waals surface area contributed by atoms with Gasteiger partial charge in [-0.25, -0.2) is 0 Å². The van der Waals surface area contributed by atoms with Crippen LogP contribution in [0.15, 0.2) is 91.0 Å². The summed E-state index contributed by atoms with van der Waals surface area (Å²) in [5.41, 5.74) is 5.18. The van der Waals surface area contributed by atoms with Gasteiger partial charge in [-0.2, -0.15) is 5.26 Å². The number of carbonyl (C=O) groups is 1. The number of amides is 1. The van der Waals surface area contributed by atoms with Crippen molar-refractivity contribution < 1.29 is 4.79 Å². The molecule has 0 atom stereocenters. The van der Waals surface area contributed by atoms with Gasteiger partial charge in [0.25, 0.3) is 0 Å². The molecule has 1 N–H and O–H groups in total. The van der Waals surface area contributed by atoms with E-state index in [1.807, 2.05) is 95.6 Å². The molecule has 1 aromatic heterocycles. The van der Waals surface area contributed by atoms with E-state index in [2.05, 4.69) is 11.4 Å². The number of hydrogen-bond acceptors (Lipinski definition) is 2. The lowest BCUT2D eigenvalue weighted by Crippen LogP contribution is -2.08. The highest BCUT2D eigenvalue weighted by Crippen LogP contribution is 2.41. The summed E-state index contributed by atoms with van der Waals surface area (Å²) in [6, 6.07) is 32.1. The Labute approximate surface area is 169 Å². The molecule has 0 saturated carbocycles. The minimum atomic E-state index is 0.457. The van der Waals surface area contributed by atoms with Crippen LogP contribution >= 0.6 is 0 Å². The molecular formula is C25H19N3O. The third-order valence-corrected chi connectivity index (χ3v) is 4.86. The van der Waals surface area contributed by atoms with Gasteiger partial charge in [0.1, 0.15) is 17.5 Å². The molecule has 4 aromatic rings. The average Bonchev–Trinajstić information content (AvgIpc) is 3.09. The second-order valence-electron chi connectivity index (χ2n) is 6.63. The predicted molar refractivity (Wildman–Crippen MR) is 115 cm³/mol. The molecular weight excluding hydrogens is 358 g/mol. The summed E-state index contributed by atoms with van der Waals surface area (Å²) in [4.78, 5) is 11.4. The molecule has 3 aromatic carbocycles. The van der Waals surface area contributed by atoms with E-state index in [9.17, 15) is 10.1 Å². The van der Waals surface area contributed by atoms with Crippen molar-refractivity contribution in [3.63, 3.8) is 0 Å². The highest BCUT2D eigenvalue weighted by Gasteiger charge is 2.25. The number of nitrogens with one attached hydrogen (secondary N) is 1. The molecule has 0 aliphatic carbocycles. The summed E-state index contributed by atoms with van der Waals surface area (Å²) >= 11 is 0. The van der Waals surface area contributed by atoms with Crippen molar-refractivity contribution in [1.82, 2.24) is 4.57 Å². The first-order valence-corrected chi connectivity index (χ1v) is 9.35. The lowest BCUT2D eigenvalue weighted by atomic mass is 9.98. The first kappa shape index (κ1) is 18.3. The van der Waals surface area contributed by atoms with Gasteiger partial charge >= 0.3 is 0 Å². The Morgan fingerprint density at radius 3 is 1.93 bits per heavy atom. The standard InChI is InChI=1S/C25H19N3O/c26-16-22-23(20-12-6-2-7-13-20)24(21-14-8-3-9-15-21)28(25(22)27-18-29)17-19-10-4-1-5-11-19/h1-15,18H,17H2,(H,27,29). The molecule has 0 spiro atoms. The second kappa shape index (κ2) is 8.28. The van der Waals surface area contributed by atoms with Gasteiger partial charge in [0.05, 0.1) is 5.69 Å². The molecule has 4 heteroatoms. The van der Waals surface area contributed by atoms with E-state index in [4.69, 9.17) is 0 Å². The lowest BCUT2D eigenvalue weighted by Gasteiger charge is -2.14. The summed E-state index contributed by atoms with van der Waals surface area (Å²) in [6.07, 6.45) is 0.626. The maximum Gasteiger partial charge on any atom is 0.212 e. The van der Waals surface area contributed by atoms with E-state index in [1.54, 1.807) is 0 Å². The van der Waals surface area contributed by atoms with Crippen LogP contribution in [0.5, 0.6) is 0 Å². The third kappa shape index (κ3) is 3.54. The zero-order valence-corrected chi connectivity index (χ0v) is 15.7. The molecule has 0 fully saturated rings. The van der Waals surface area contributed by atoms with Gasteiger partial charge in [0.15, 0.2) is 0 Å². The number of benzene rings is 3. The number of hydrogen-bond donors (Lipinski definition) is 1. The van der Waals surface area contributed by atoms with Gasteiger partial charge in [0, 0.05) is 12.1 Å². The predicted octanol–water partition coefficient (Wildman–Crippen LogP) is 5.31. The molecule has 0 unspecified atom stereocenters. The molecule has 0 saturated heterocycles. The van der Waals surface area contributed by atoms with Crippen LogP contribution in [0.3, 0.4) is 0 Å². The fraction of sp³-hybridized carbons (Fsp3) is 0.0400. The molecule has 0 aliphatic rings. The molecule has 4 rings (SSSR count). The Morgan fingerprint density at radius 2 is 1.38 bits per heavy atom. The topological polar surface area (TPSA) is 57.8 Å². The minimum Gasteiger partial charge on any atom is -0.321 e. The van der Waals surface area contributed by atoms with Crippen LogP contribution in [0.2, 0.25) is 0 Å². The van der Waals surface area contributed by atoms with E-state index >= 15 is 0 Å². The maximum atomic E-state index is 11.4. The highest BCUT2D eigenvalue weighted by atomic mass is 16.1. The summed E-state index contributed by atoms with van der Waals surface area (Å²) < 4.78 is 2.01. The van der Waals surface area contributed by atoms with E-state index in [0.717, 1.165) is 27.9 Å². The minimum absolute atomic E-state index is 0.457. The first-order chi connectivity index (χ1) is 14.3. The molecule has 140 valence electrons. The van der Waals surface area contributed by atoms with Gasteiger partial charge in [-0.15, -0.1) is 0 Å². The van der Waals surface area contributed by atoms with Crippen LogP contribution in [0, 0.1) is 11.3 Å². The van der Waals surface area contributed by atoms with Crippen LogP contribution in [0.4, 0.5) is 5.82 Å². The number of aromatic nitrogens is 1. The molecule has 1 amide bonds. The van der Waals surface area contributed by atoms with Crippen molar-refractivity contribution in [3.05, 3.63) is 102 Å². The van der Waals surface area contributed by atoms with Crippen molar-refractivity contribution in [1.29, 1.82) is 5.26 Å². The van der Waals surface area contributed by atoms with Crippen LogP contribution in [-0.2, 0) is 11.3 Å². The summed E-state index contributed by atoms with van der Waals surface area (Å²) in [5, 5.41) is 12.8. The number of rotatable bonds is 6. The van der Waals surface area contributed by atoms with Gasteiger partial charge in [-0.1, -0.05) is 91.0 Å². The van der Waals surface area contributed by atoms with Crippen molar-refractivity contribution in [2.45, 2.75) is 6.54 Å². The number of anilines is 1. The number of carbonyl (C=O) groups excluding carboxylic acids is 1. The Morgan fingerprint density at radius 1 is 0.828 bits per heavy atom. The molecule has 0 bridgehead atoms. The number of nitrogens with zero attached hydrogens (tertiary/aromatic N) is 2. The smallest absolute Gasteiger partial charge is 0.212 e. The Kier molecular flexibility index (Phi) is 5.22. The molecule has 4 nitrogen and oxygen atoms in total. The van der Waals surface area contributed by atoms with Gasteiger partial charge in [0.2, 0.25) is 6.41 Å². The lowest BCUT2D eigenvalue weighted by molar-refractivity contribution is -0.105. The zero-order valence-electron chi connectivity index (χ0n) is 15.7. The SMILES string of the molecule is N#Cc1c(-c2ccccc2)c(-c2ccccc2)n(Cc2ccccc2)c1NC=O. The van der Waals surface area contributed by atoms with E-state index in [1.165, 1.54) is 0 Å². The van der Waals surface area contributed by atoms with Crippen LogP contribution in [-0.4, -0.2) is 11.0 Å². The fourth-order valence-corrected chi connectivity index (χ4v) is 3.64. The second-order valence-corrected chi connectivity index (χ2v) is 6.63. The Hall–Kier alpha value is -4.10. The van der Waals surface area contributed by atoms with Crippen LogP contribution < -0.4 is 5.32 Å². The molecule has 29 heavy (non-hydrogen) atoms.